The molecule has 0 saturated heterocycles. The number of methoxy groups -OCH3 is 1. The second-order valence-electron chi connectivity index (χ2n) is 6.26. The molecule has 1 heterocycles. The Morgan fingerprint density at radius 1 is 0.846 bits per heavy atom. The highest BCUT2D eigenvalue weighted by atomic mass is 32.2. The van der Waals surface area contributed by atoms with E-state index in [0.717, 1.165) is 16.7 Å². The highest BCUT2D eigenvalue weighted by Gasteiger charge is 2.36. The van der Waals surface area contributed by atoms with E-state index in [1.807, 2.05) is 55.5 Å². The van der Waals surface area contributed by atoms with Gasteiger partial charge in [-0.2, -0.15) is 0 Å². The monoisotopic (exact) mass is 365 g/mol. The summed E-state index contributed by atoms with van der Waals surface area (Å²) in [5.74, 6) is 0.626. The van der Waals surface area contributed by atoms with Crippen LogP contribution in [0, 0.1) is 0 Å². The lowest BCUT2D eigenvalue weighted by atomic mass is 9.90. The van der Waals surface area contributed by atoms with Gasteiger partial charge >= 0.3 is 0 Å². The molecule has 26 heavy (non-hydrogen) atoms. The fraction of sp³-hybridized carbons (Fsp3) is 0.143. The van der Waals surface area contributed by atoms with Gasteiger partial charge < -0.3 is 4.74 Å². The van der Waals surface area contributed by atoms with E-state index < -0.39 is 10.0 Å². The number of rotatable bonds is 3. The molecule has 0 aliphatic carbocycles. The lowest BCUT2D eigenvalue weighted by molar-refractivity contribution is 0.414. The van der Waals surface area contributed by atoms with Crippen LogP contribution in [-0.4, -0.2) is 15.5 Å². The van der Waals surface area contributed by atoms with Crippen LogP contribution in [0.2, 0.25) is 0 Å². The number of nitrogens with zero attached hydrogens (tertiary/aromatic N) is 1. The Kier molecular flexibility index (Phi) is 3.96. The second-order valence-corrected chi connectivity index (χ2v) is 8.07. The number of ether oxygens (including phenoxy) is 1. The van der Waals surface area contributed by atoms with E-state index in [-0.39, 0.29) is 10.9 Å². The van der Waals surface area contributed by atoms with Gasteiger partial charge in [0.15, 0.2) is 0 Å². The van der Waals surface area contributed by atoms with Crippen LogP contribution in [0.5, 0.6) is 5.75 Å². The van der Waals surface area contributed by atoms with Crippen molar-refractivity contribution in [3.63, 3.8) is 0 Å². The Morgan fingerprint density at radius 3 is 2.15 bits per heavy atom. The van der Waals surface area contributed by atoms with Crippen LogP contribution < -0.4 is 9.04 Å². The molecule has 1 unspecified atom stereocenters. The molecule has 0 radical (unpaired) electrons. The zero-order valence-electron chi connectivity index (χ0n) is 14.6. The number of hydrogen-bond donors (Lipinski definition) is 0. The van der Waals surface area contributed by atoms with Gasteiger partial charge in [0.1, 0.15) is 5.75 Å². The number of fused-ring (bicyclic) bond motifs is 3. The van der Waals surface area contributed by atoms with E-state index in [1.54, 1.807) is 31.4 Å². The minimum Gasteiger partial charge on any atom is -0.497 e. The first-order chi connectivity index (χ1) is 12.5. The molecule has 1 atom stereocenters. The third-order valence-electron chi connectivity index (χ3n) is 4.81. The van der Waals surface area contributed by atoms with Crippen LogP contribution in [-0.2, 0) is 10.0 Å². The van der Waals surface area contributed by atoms with Gasteiger partial charge in [-0.1, -0.05) is 42.5 Å². The Hall–Kier alpha value is -2.79. The van der Waals surface area contributed by atoms with Crippen molar-refractivity contribution in [2.24, 2.45) is 0 Å². The summed E-state index contributed by atoms with van der Waals surface area (Å²) in [5, 5.41) is 0. The molecule has 0 bridgehead atoms. The fourth-order valence-corrected chi connectivity index (χ4v) is 5.19. The fourth-order valence-electron chi connectivity index (χ4n) is 3.53. The number of benzene rings is 3. The van der Waals surface area contributed by atoms with E-state index in [4.69, 9.17) is 4.74 Å². The Labute approximate surface area is 153 Å². The molecule has 4 rings (SSSR count). The zero-order chi connectivity index (χ0) is 18.3. The van der Waals surface area contributed by atoms with Gasteiger partial charge in [-0.3, -0.25) is 4.31 Å². The van der Waals surface area contributed by atoms with Crippen LogP contribution in [0.3, 0.4) is 0 Å². The van der Waals surface area contributed by atoms with Crippen molar-refractivity contribution in [1.82, 2.24) is 0 Å². The molecule has 1 aliphatic heterocycles. The van der Waals surface area contributed by atoms with E-state index in [9.17, 15) is 8.42 Å². The summed E-state index contributed by atoms with van der Waals surface area (Å²) < 4.78 is 33.6. The second kappa shape index (κ2) is 6.18. The molecular weight excluding hydrogens is 346 g/mol. The zero-order valence-corrected chi connectivity index (χ0v) is 15.4. The van der Waals surface area contributed by atoms with E-state index in [0.29, 0.717) is 11.4 Å². The van der Waals surface area contributed by atoms with Crippen LogP contribution in [0.15, 0.2) is 77.7 Å². The molecule has 5 heteroatoms. The molecule has 0 saturated carbocycles. The Bertz CT molecular complexity index is 1060. The van der Waals surface area contributed by atoms with Gasteiger partial charge in [0.05, 0.1) is 23.7 Å². The van der Waals surface area contributed by atoms with Gasteiger partial charge in [0.25, 0.3) is 10.0 Å². The van der Waals surface area contributed by atoms with Gasteiger partial charge in [0.2, 0.25) is 0 Å². The SMILES string of the molecule is COc1ccc(S(=O)(=O)N2c3ccccc3-c3ccccc3C2C)cc1. The molecule has 1 aliphatic rings. The quantitative estimate of drug-likeness (QED) is 0.680. The maximum atomic E-state index is 13.5. The van der Waals surface area contributed by atoms with Crippen molar-refractivity contribution < 1.29 is 13.2 Å². The topological polar surface area (TPSA) is 46.6 Å². The number of anilines is 1. The normalized spacial score (nSPS) is 15.9. The average molecular weight is 365 g/mol. The van der Waals surface area contributed by atoms with Crippen LogP contribution in [0.25, 0.3) is 11.1 Å². The van der Waals surface area contributed by atoms with Crippen molar-refractivity contribution >= 4 is 15.7 Å². The standard InChI is InChI=1S/C21H19NO3S/c1-15-18-7-3-4-8-19(18)20-9-5-6-10-21(20)22(15)26(23,24)17-13-11-16(25-2)12-14-17/h3-15H,1-2H3. The van der Waals surface area contributed by atoms with E-state index in [1.165, 1.54) is 4.31 Å². The summed E-state index contributed by atoms with van der Waals surface area (Å²) >= 11 is 0. The van der Waals surface area contributed by atoms with Crippen molar-refractivity contribution in [1.29, 1.82) is 0 Å². The van der Waals surface area contributed by atoms with Gasteiger partial charge in [-0.15, -0.1) is 0 Å². The highest BCUT2D eigenvalue weighted by molar-refractivity contribution is 7.92. The predicted octanol–water partition coefficient (Wildman–Crippen LogP) is 4.63. The first kappa shape index (κ1) is 16.7. The maximum absolute atomic E-state index is 13.5. The van der Waals surface area contributed by atoms with Gasteiger partial charge in [-0.05, 0) is 48.4 Å². The third kappa shape index (κ3) is 2.47. The van der Waals surface area contributed by atoms with Crippen molar-refractivity contribution in [3.05, 3.63) is 78.4 Å². The molecule has 3 aromatic carbocycles. The first-order valence-electron chi connectivity index (χ1n) is 8.41. The molecular formula is C21H19NO3S. The maximum Gasteiger partial charge on any atom is 0.264 e. The molecule has 132 valence electrons. The first-order valence-corrected chi connectivity index (χ1v) is 9.85. The Balaban J connectivity index is 1.91. The third-order valence-corrected chi connectivity index (χ3v) is 6.71. The number of para-hydroxylation sites is 1. The van der Waals surface area contributed by atoms with Crippen molar-refractivity contribution in [3.8, 4) is 16.9 Å². The van der Waals surface area contributed by atoms with Gasteiger partial charge in [0, 0.05) is 5.56 Å². The summed E-state index contributed by atoms with van der Waals surface area (Å²) in [6, 6.07) is 21.8. The minimum absolute atomic E-state index is 0.249. The summed E-state index contributed by atoms with van der Waals surface area (Å²) in [7, 11) is -2.16. The lowest BCUT2D eigenvalue weighted by Gasteiger charge is -2.37. The molecule has 0 fully saturated rings. The number of sulfonamides is 1. The largest absolute Gasteiger partial charge is 0.497 e. The average Bonchev–Trinajstić information content (AvgIpc) is 2.68. The number of hydrogen-bond acceptors (Lipinski definition) is 3. The lowest BCUT2D eigenvalue weighted by Crippen LogP contribution is -2.36. The minimum atomic E-state index is -3.71. The van der Waals surface area contributed by atoms with Crippen LogP contribution in [0.1, 0.15) is 18.5 Å². The Morgan fingerprint density at radius 2 is 1.46 bits per heavy atom. The summed E-state index contributed by atoms with van der Waals surface area (Å²) in [4.78, 5) is 0.249. The molecule has 3 aromatic rings. The molecule has 0 aromatic heterocycles. The van der Waals surface area contributed by atoms with E-state index in [2.05, 4.69) is 0 Å². The van der Waals surface area contributed by atoms with Gasteiger partial charge in [-0.25, -0.2) is 8.42 Å². The molecule has 0 spiro atoms. The van der Waals surface area contributed by atoms with Crippen molar-refractivity contribution in [2.45, 2.75) is 17.9 Å². The predicted molar refractivity (Wildman–Crippen MR) is 103 cm³/mol. The molecule has 0 amide bonds. The van der Waals surface area contributed by atoms with Crippen molar-refractivity contribution in [2.75, 3.05) is 11.4 Å². The smallest absolute Gasteiger partial charge is 0.264 e. The molecule has 0 N–H and O–H groups in total. The highest BCUT2D eigenvalue weighted by Crippen LogP contribution is 2.46. The summed E-state index contributed by atoms with van der Waals surface area (Å²) in [6.07, 6.45) is 0. The van der Waals surface area contributed by atoms with Crippen LogP contribution in [0.4, 0.5) is 5.69 Å². The molecule has 4 nitrogen and oxygen atoms in total. The van der Waals surface area contributed by atoms with Crippen LogP contribution >= 0.6 is 0 Å². The van der Waals surface area contributed by atoms with E-state index >= 15 is 0 Å². The summed E-state index contributed by atoms with van der Waals surface area (Å²) in [6.45, 7) is 1.93. The summed E-state index contributed by atoms with van der Waals surface area (Å²) in [5.41, 5.74) is 3.72.